The number of aryl methyl sites for hydroxylation is 1. The zero-order chi connectivity index (χ0) is 23.0. The highest BCUT2D eigenvalue weighted by Gasteiger charge is 2.38. The second-order valence-corrected chi connectivity index (χ2v) is 8.25. The van der Waals surface area contributed by atoms with Crippen molar-refractivity contribution in [1.82, 2.24) is 9.55 Å². The molecule has 0 aliphatic heterocycles. The van der Waals surface area contributed by atoms with Gasteiger partial charge >= 0.3 is 6.18 Å². The average Bonchev–Trinajstić information content (AvgIpc) is 3.26. The molecule has 0 aliphatic rings. The smallest absolute Gasteiger partial charge is 0.365 e. The summed E-state index contributed by atoms with van der Waals surface area (Å²) in [4.78, 5) is 29.3. The molecule has 2 amide bonds. The van der Waals surface area contributed by atoms with E-state index in [1.54, 1.807) is 43.3 Å². The summed E-state index contributed by atoms with van der Waals surface area (Å²) in [6.07, 6.45) is -4.74. The number of amides is 2. The number of anilines is 1. The van der Waals surface area contributed by atoms with E-state index >= 15 is 0 Å². The van der Waals surface area contributed by atoms with Gasteiger partial charge in [0.25, 0.3) is 5.91 Å². The van der Waals surface area contributed by atoms with E-state index in [1.165, 1.54) is 12.1 Å². The van der Waals surface area contributed by atoms with Gasteiger partial charge in [-0.25, -0.2) is 4.98 Å². The Morgan fingerprint density at radius 2 is 1.75 bits per heavy atom. The van der Waals surface area contributed by atoms with E-state index in [2.05, 4.69) is 10.3 Å². The molecule has 0 fully saturated rings. The first-order chi connectivity index (χ1) is 15.2. The molecule has 10 heteroatoms. The molecule has 0 atom stereocenters. The van der Waals surface area contributed by atoms with Crippen LogP contribution in [0.3, 0.4) is 0 Å². The number of carbonyl (C=O) groups is 2. The highest BCUT2D eigenvalue weighted by Crippen LogP contribution is 2.39. The molecule has 4 rings (SSSR count). The number of halogens is 3. The first-order valence-corrected chi connectivity index (χ1v) is 10.3. The highest BCUT2D eigenvalue weighted by molar-refractivity contribution is 7.17. The quantitative estimate of drug-likeness (QED) is 0.449. The Bertz CT molecular complexity index is 1330. The van der Waals surface area contributed by atoms with Gasteiger partial charge in [0.15, 0.2) is 0 Å². The second-order valence-electron chi connectivity index (χ2n) is 7.02. The Kier molecular flexibility index (Phi) is 5.47. The van der Waals surface area contributed by atoms with E-state index < -0.39 is 30.4 Å². The number of nitrogens with two attached hydrogens (primary N) is 1. The van der Waals surface area contributed by atoms with Gasteiger partial charge in [0.1, 0.15) is 11.5 Å². The van der Waals surface area contributed by atoms with Crippen LogP contribution in [-0.2, 0) is 17.5 Å². The first-order valence-electron chi connectivity index (χ1n) is 9.47. The monoisotopic (exact) mass is 458 g/mol. The maximum Gasteiger partial charge on any atom is 0.449 e. The van der Waals surface area contributed by atoms with Crippen molar-refractivity contribution >= 4 is 39.2 Å². The Labute approximate surface area is 184 Å². The molecule has 32 heavy (non-hydrogen) atoms. The van der Waals surface area contributed by atoms with Gasteiger partial charge in [-0.3, -0.25) is 9.59 Å². The fourth-order valence-corrected chi connectivity index (χ4v) is 4.68. The van der Waals surface area contributed by atoms with Gasteiger partial charge in [-0.15, -0.1) is 11.3 Å². The number of nitrogens with zero attached hydrogens (tertiary/aromatic N) is 2. The summed E-state index contributed by atoms with van der Waals surface area (Å²) < 4.78 is 41.3. The zero-order valence-corrected chi connectivity index (χ0v) is 17.6. The number of rotatable bonds is 5. The lowest BCUT2D eigenvalue weighted by atomic mass is 10.0. The van der Waals surface area contributed by atoms with Crippen LogP contribution < -0.4 is 11.1 Å². The number of hydrogen-bond donors (Lipinski definition) is 2. The molecule has 0 saturated carbocycles. The van der Waals surface area contributed by atoms with Crippen molar-refractivity contribution in [2.45, 2.75) is 19.6 Å². The number of fused-ring (bicyclic) bond motifs is 1. The number of hydrogen-bond acceptors (Lipinski definition) is 4. The van der Waals surface area contributed by atoms with Crippen molar-refractivity contribution in [3.63, 3.8) is 0 Å². The van der Waals surface area contributed by atoms with Crippen molar-refractivity contribution in [3.8, 4) is 11.1 Å². The molecule has 0 saturated heterocycles. The van der Waals surface area contributed by atoms with Crippen LogP contribution in [-0.4, -0.2) is 21.4 Å². The molecule has 2 aromatic carbocycles. The molecule has 0 aliphatic carbocycles. The molecule has 0 bridgehead atoms. The summed E-state index contributed by atoms with van der Waals surface area (Å²) in [5.74, 6) is -2.65. The summed E-state index contributed by atoms with van der Waals surface area (Å²) in [7, 11) is 0. The first kappa shape index (κ1) is 21.6. The molecule has 164 valence electrons. The molecule has 0 radical (unpaired) electrons. The topological polar surface area (TPSA) is 90.0 Å². The van der Waals surface area contributed by atoms with Crippen LogP contribution in [0.1, 0.15) is 21.1 Å². The molecular weight excluding hydrogens is 441 g/mol. The van der Waals surface area contributed by atoms with E-state index in [0.29, 0.717) is 5.56 Å². The Hall–Kier alpha value is -3.66. The standard InChI is InChI=1S/C22H17F3N4O2S/c1-12-17(13-7-3-2-4-8-13)18(19(26)31)20(32-12)28-16(30)11-29-15-10-6-5-9-14(15)27-21(29)22(23,24)25/h2-10H,11H2,1H3,(H2,26,31)(H,28,30). The Morgan fingerprint density at radius 3 is 2.41 bits per heavy atom. The van der Waals surface area contributed by atoms with Gasteiger partial charge in [0.2, 0.25) is 11.7 Å². The number of benzene rings is 2. The predicted octanol–water partition coefficient (Wildman–Crippen LogP) is 4.83. The van der Waals surface area contributed by atoms with Gasteiger partial charge in [0, 0.05) is 10.4 Å². The minimum Gasteiger partial charge on any atom is -0.365 e. The number of imidazole rings is 1. The number of primary amides is 1. The number of nitrogens with one attached hydrogen (secondary N) is 1. The van der Waals surface area contributed by atoms with Crippen LogP contribution in [0.25, 0.3) is 22.2 Å². The van der Waals surface area contributed by atoms with E-state index in [-0.39, 0.29) is 21.6 Å². The van der Waals surface area contributed by atoms with Crippen LogP contribution >= 0.6 is 11.3 Å². The highest BCUT2D eigenvalue weighted by atomic mass is 32.1. The summed E-state index contributed by atoms with van der Waals surface area (Å²) >= 11 is 1.14. The molecule has 4 aromatic rings. The molecular formula is C22H17F3N4O2S. The van der Waals surface area contributed by atoms with Crippen LogP contribution in [0.5, 0.6) is 0 Å². The zero-order valence-electron chi connectivity index (χ0n) is 16.7. The van der Waals surface area contributed by atoms with Crippen molar-refractivity contribution < 1.29 is 22.8 Å². The molecule has 2 aromatic heterocycles. The van der Waals surface area contributed by atoms with Gasteiger partial charge in [0.05, 0.1) is 16.6 Å². The van der Waals surface area contributed by atoms with Gasteiger partial charge in [-0.1, -0.05) is 42.5 Å². The van der Waals surface area contributed by atoms with Crippen LogP contribution in [0, 0.1) is 6.92 Å². The molecule has 3 N–H and O–H groups in total. The summed E-state index contributed by atoms with van der Waals surface area (Å²) in [6, 6.07) is 15.1. The number of alkyl halides is 3. The minimum absolute atomic E-state index is 0.124. The average molecular weight is 458 g/mol. The second kappa shape index (κ2) is 8.12. The van der Waals surface area contributed by atoms with Gasteiger partial charge in [-0.05, 0) is 24.6 Å². The third-order valence-corrected chi connectivity index (χ3v) is 5.88. The number of carbonyl (C=O) groups excluding carboxylic acids is 2. The lowest BCUT2D eigenvalue weighted by molar-refractivity contribution is -0.147. The number of para-hydroxylation sites is 2. The van der Waals surface area contributed by atoms with E-state index in [1.807, 2.05) is 6.07 Å². The number of aromatic nitrogens is 2. The van der Waals surface area contributed by atoms with Crippen molar-refractivity contribution in [1.29, 1.82) is 0 Å². The summed E-state index contributed by atoms with van der Waals surface area (Å²) in [5.41, 5.74) is 7.35. The van der Waals surface area contributed by atoms with Crippen LogP contribution in [0.2, 0.25) is 0 Å². The van der Waals surface area contributed by atoms with Gasteiger partial charge < -0.3 is 15.6 Å². The maximum absolute atomic E-state index is 13.5. The number of thiophene rings is 1. The van der Waals surface area contributed by atoms with E-state index in [4.69, 9.17) is 5.73 Å². The van der Waals surface area contributed by atoms with Crippen molar-refractivity contribution in [3.05, 3.63) is 70.9 Å². The largest absolute Gasteiger partial charge is 0.449 e. The molecule has 0 spiro atoms. The maximum atomic E-state index is 13.5. The van der Waals surface area contributed by atoms with E-state index in [0.717, 1.165) is 26.3 Å². The third kappa shape index (κ3) is 3.96. The fraction of sp³-hybridized carbons (Fsp3) is 0.136. The third-order valence-electron chi connectivity index (χ3n) is 4.86. The lowest BCUT2D eigenvalue weighted by Gasteiger charge is -2.12. The molecule has 2 heterocycles. The summed E-state index contributed by atoms with van der Waals surface area (Å²) in [6.45, 7) is 1.14. The normalized spacial score (nSPS) is 11.6. The molecule has 0 unspecified atom stereocenters. The molecule has 6 nitrogen and oxygen atoms in total. The SMILES string of the molecule is Cc1sc(NC(=O)Cn2c(C(F)(F)F)nc3ccccc32)c(C(N)=O)c1-c1ccccc1. The summed E-state index contributed by atoms with van der Waals surface area (Å²) in [5, 5.41) is 2.76. The lowest BCUT2D eigenvalue weighted by Crippen LogP contribution is -2.24. The minimum atomic E-state index is -4.74. The Balaban J connectivity index is 1.70. The van der Waals surface area contributed by atoms with Crippen LogP contribution in [0.15, 0.2) is 54.6 Å². The van der Waals surface area contributed by atoms with Crippen molar-refractivity contribution in [2.75, 3.05) is 5.32 Å². The Morgan fingerprint density at radius 1 is 1.09 bits per heavy atom. The van der Waals surface area contributed by atoms with E-state index in [9.17, 15) is 22.8 Å². The van der Waals surface area contributed by atoms with Gasteiger partial charge in [-0.2, -0.15) is 13.2 Å². The van der Waals surface area contributed by atoms with Crippen molar-refractivity contribution in [2.24, 2.45) is 5.73 Å². The van der Waals surface area contributed by atoms with Crippen LogP contribution in [0.4, 0.5) is 18.2 Å². The predicted molar refractivity (Wildman–Crippen MR) is 116 cm³/mol. The fourth-order valence-electron chi connectivity index (χ4n) is 3.58.